The molecule has 0 aromatic heterocycles. The zero-order chi connectivity index (χ0) is 5.86. The molecule has 0 aromatic rings. The topological polar surface area (TPSA) is 41.6 Å². The fourth-order valence-corrected chi connectivity index (χ4v) is 0.302. The average molecular weight is 293 g/mol. The predicted molar refractivity (Wildman–Crippen MR) is 29.0 cm³/mol. The van der Waals surface area contributed by atoms with Crippen molar-refractivity contribution in [3.8, 4) is 0 Å². The van der Waals surface area contributed by atoms with Crippen LogP contribution in [0, 0.1) is 0 Å². The molecule has 49 valence electrons. The van der Waals surface area contributed by atoms with E-state index in [1.165, 1.54) is 19.9 Å². The Balaban J connectivity index is 0. The van der Waals surface area contributed by atoms with Crippen molar-refractivity contribution in [2.45, 2.75) is 13.8 Å². The van der Waals surface area contributed by atoms with Gasteiger partial charge in [-0.15, -0.1) is 0 Å². The first kappa shape index (κ1) is 10.8. The van der Waals surface area contributed by atoms with Crippen LogP contribution in [-0.2, 0) is 20.1 Å². The van der Waals surface area contributed by atoms with Gasteiger partial charge in [-0.05, 0) is 6.92 Å². The van der Waals surface area contributed by atoms with Crippen LogP contribution in [0.3, 0.4) is 0 Å². The van der Waals surface area contributed by atoms with E-state index < -0.39 is 0 Å². The molecule has 0 spiro atoms. The smallest absolute Gasteiger partial charge is 0.316 e. The normalized spacial score (nSPS) is 10.0. The van der Waals surface area contributed by atoms with E-state index in [0.717, 1.165) is 0 Å². The second-order valence-corrected chi connectivity index (χ2v) is 1.43. The van der Waals surface area contributed by atoms with E-state index >= 15 is 0 Å². The molecule has 0 aliphatic rings. The first-order chi connectivity index (χ1) is 3.13. The average Bonchev–Trinajstić information content (AvgIpc) is 1.27. The fourth-order valence-electron chi connectivity index (χ4n) is 0.302. The predicted octanol–water partition coefficient (Wildman–Crippen LogP) is 1.01. The van der Waals surface area contributed by atoms with Gasteiger partial charge in [0, 0.05) is 20.1 Å². The Kier molecular flexibility index (Phi) is 6.74. The molecule has 2 N–H and O–H groups in total. The van der Waals surface area contributed by atoms with E-state index in [4.69, 9.17) is 9.90 Å². The van der Waals surface area contributed by atoms with Crippen LogP contribution in [0.15, 0.2) is 11.8 Å². The molecule has 0 heterocycles. The van der Waals surface area contributed by atoms with Crippen LogP contribution in [0.5, 0.6) is 0 Å². The SMILES string of the molecule is CC(=[OH+])C=C(C)O.[Ir]. The standard InChI is InChI=1S/C5H8O2.Ir/c1-4(6)3-5(2)7;/h3,6H,1-2H3;/p+1. The molecule has 2 nitrogen and oxygen atoms in total. The third kappa shape index (κ3) is 9.29. The summed E-state index contributed by atoms with van der Waals surface area (Å²) in [5.41, 5.74) is 0. The number of hydrogen-bond donors (Lipinski definition) is 1. The van der Waals surface area contributed by atoms with Gasteiger partial charge in [-0.25, -0.2) is 0 Å². The summed E-state index contributed by atoms with van der Waals surface area (Å²) in [6.45, 7) is 3.00. The van der Waals surface area contributed by atoms with Gasteiger partial charge in [0.05, 0.1) is 18.8 Å². The minimum Gasteiger partial charge on any atom is -0.512 e. The Labute approximate surface area is 61.9 Å². The Hall–Kier alpha value is -0.141. The van der Waals surface area contributed by atoms with Gasteiger partial charge < -0.3 is 5.11 Å². The van der Waals surface area contributed by atoms with Crippen LogP contribution in [0.2, 0.25) is 0 Å². The molecular weight excluding hydrogens is 284 g/mol. The molecule has 0 aliphatic heterocycles. The van der Waals surface area contributed by atoms with Gasteiger partial charge in [-0.3, -0.25) is 4.79 Å². The van der Waals surface area contributed by atoms with Gasteiger partial charge in [0.2, 0.25) is 0 Å². The first-order valence-corrected chi connectivity index (χ1v) is 2.02. The molecular formula is C5H9IrO2+. The maximum absolute atomic E-state index is 8.40. The third-order valence-electron chi connectivity index (χ3n) is 0.418. The molecule has 0 atom stereocenters. The van der Waals surface area contributed by atoms with E-state index in [1.54, 1.807) is 0 Å². The van der Waals surface area contributed by atoms with Crippen LogP contribution >= 0.6 is 0 Å². The molecule has 0 aromatic carbocycles. The summed E-state index contributed by atoms with van der Waals surface area (Å²) in [4.78, 5) is 8.40. The van der Waals surface area contributed by atoms with Gasteiger partial charge in [0.1, 0.15) is 0 Å². The minimum atomic E-state index is 0. The molecule has 3 heteroatoms. The van der Waals surface area contributed by atoms with Gasteiger partial charge in [0.25, 0.3) is 0 Å². The summed E-state index contributed by atoms with van der Waals surface area (Å²) < 4.78 is 0. The molecule has 0 aliphatic carbocycles. The molecule has 0 rings (SSSR count). The summed E-state index contributed by atoms with van der Waals surface area (Å²) in [5.74, 6) is 0.250. The minimum absolute atomic E-state index is 0. The Morgan fingerprint density at radius 3 is 1.88 bits per heavy atom. The van der Waals surface area contributed by atoms with Crippen molar-refractivity contribution in [1.29, 1.82) is 0 Å². The number of allylic oxidation sites excluding steroid dienone is 2. The van der Waals surface area contributed by atoms with E-state index in [0.29, 0.717) is 0 Å². The quantitative estimate of drug-likeness (QED) is 0.437. The van der Waals surface area contributed by atoms with Gasteiger partial charge >= 0.3 is 5.78 Å². The van der Waals surface area contributed by atoms with Crippen molar-refractivity contribution in [2.24, 2.45) is 0 Å². The number of rotatable bonds is 1. The molecule has 1 radical (unpaired) electrons. The fraction of sp³-hybridized carbons (Fsp3) is 0.400. The van der Waals surface area contributed by atoms with Gasteiger partial charge in [0.15, 0.2) is 0 Å². The number of aliphatic hydroxyl groups is 1. The maximum Gasteiger partial charge on any atom is 0.316 e. The van der Waals surface area contributed by atoms with Crippen molar-refractivity contribution in [1.82, 2.24) is 0 Å². The Bertz CT molecular complexity index is 103. The molecule has 0 saturated carbocycles. The Morgan fingerprint density at radius 1 is 1.50 bits per heavy atom. The zero-order valence-electron chi connectivity index (χ0n) is 4.81. The zero-order valence-corrected chi connectivity index (χ0v) is 7.20. The summed E-state index contributed by atoms with van der Waals surface area (Å²) in [6.07, 6.45) is 1.28. The number of aliphatic hydroxyl groups excluding tert-OH is 1. The van der Waals surface area contributed by atoms with Crippen molar-refractivity contribution in [3.05, 3.63) is 11.8 Å². The summed E-state index contributed by atoms with van der Waals surface area (Å²) in [7, 11) is 0. The van der Waals surface area contributed by atoms with Crippen LogP contribution in [-0.4, -0.2) is 15.7 Å². The van der Waals surface area contributed by atoms with E-state index in [9.17, 15) is 0 Å². The van der Waals surface area contributed by atoms with E-state index in [1.807, 2.05) is 0 Å². The second-order valence-electron chi connectivity index (χ2n) is 1.43. The summed E-state index contributed by atoms with van der Waals surface area (Å²) >= 11 is 0. The van der Waals surface area contributed by atoms with Crippen molar-refractivity contribution in [3.63, 3.8) is 0 Å². The van der Waals surface area contributed by atoms with Gasteiger partial charge in [-0.2, -0.15) is 0 Å². The van der Waals surface area contributed by atoms with Gasteiger partial charge in [-0.1, -0.05) is 0 Å². The van der Waals surface area contributed by atoms with E-state index in [-0.39, 0.29) is 31.6 Å². The molecule has 0 saturated heterocycles. The van der Waals surface area contributed by atoms with Crippen LogP contribution in [0.4, 0.5) is 0 Å². The van der Waals surface area contributed by atoms with Crippen molar-refractivity contribution < 1.29 is 30.0 Å². The summed E-state index contributed by atoms with van der Waals surface area (Å²) in [6, 6.07) is 0. The number of ketones is 1. The second kappa shape index (κ2) is 5.01. The molecule has 0 unspecified atom stereocenters. The van der Waals surface area contributed by atoms with E-state index in [2.05, 4.69) is 0 Å². The maximum atomic E-state index is 8.40. The first-order valence-electron chi connectivity index (χ1n) is 2.02. The van der Waals surface area contributed by atoms with Crippen LogP contribution < -0.4 is 0 Å². The number of carbonyl (C=O) groups excluding carboxylic acids is 1. The number of hydrogen-bond acceptors (Lipinski definition) is 1. The van der Waals surface area contributed by atoms with Crippen LogP contribution in [0.25, 0.3) is 0 Å². The molecule has 8 heavy (non-hydrogen) atoms. The molecule has 0 amide bonds. The van der Waals surface area contributed by atoms with Crippen molar-refractivity contribution in [2.75, 3.05) is 0 Å². The third-order valence-corrected chi connectivity index (χ3v) is 0.418. The molecule has 0 bridgehead atoms. The monoisotopic (exact) mass is 294 g/mol. The summed E-state index contributed by atoms with van der Waals surface area (Å²) in [5, 5.41) is 8.40. The van der Waals surface area contributed by atoms with Crippen LogP contribution in [0.1, 0.15) is 13.8 Å². The largest absolute Gasteiger partial charge is 0.512 e. The molecule has 0 fully saturated rings. The Morgan fingerprint density at radius 2 is 1.88 bits per heavy atom. The van der Waals surface area contributed by atoms with Crippen molar-refractivity contribution >= 4 is 5.78 Å².